The Bertz CT molecular complexity index is 1110. The predicted molar refractivity (Wildman–Crippen MR) is 123 cm³/mol. The lowest BCUT2D eigenvalue weighted by Crippen LogP contribution is -2.02. The van der Waals surface area contributed by atoms with Crippen molar-refractivity contribution in [3.8, 4) is 22.8 Å². The van der Waals surface area contributed by atoms with Crippen molar-refractivity contribution in [1.82, 2.24) is 14.8 Å². The molecule has 5 heteroatoms. The number of hydrogen-bond acceptors (Lipinski definition) is 4. The SMILES string of the molecule is C=CCC(Sc1nnc(-c2ccccc2OC)n1-c1ccccc1)c1ccccc1. The highest BCUT2D eigenvalue weighted by Gasteiger charge is 2.22. The molecule has 0 aliphatic carbocycles. The van der Waals surface area contributed by atoms with Gasteiger partial charge in [0.05, 0.1) is 12.7 Å². The lowest BCUT2D eigenvalue weighted by atomic mass is 10.1. The molecule has 4 rings (SSSR count). The van der Waals surface area contributed by atoms with Gasteiger partial charge < -0.3 is 4.74 Å². The van der Waals surface area contributed by atoms with Crippen molar-refractivity contribution in [3.63, 3.8) is 0 Å². The van der Waals surface area contributed by atoms with Crippen LogP contribution in [0.3, 0.4) is 0 Å². The van der Waals surface area contributed by atoms with E-state index in [9.17, 15) is 0 Å². The molecule has 3 aromatic carbocycles. The fourth-order valence-corrected chi connectivity index (χ4v) is 4.52. The van der Waals surface area contributed by atoms with Crippen LogP contribution in [0, 0.1) is 0 Å². The summed E-state index contributed by atoms with van der Waals surface area (Å²) in [7, 11) is 1.67. The number of hydrogen-bond donors (Lipinski definition) is 0. The zero-order valence-corrected chi connectivity index (χ0v) is 17.6. The molecule has 0 fully saturated rings. The molecule has 150 valence electrons. The number of ether oxygens (including phenoxy) is 1. The molecule has 30 heavy (non-hydrogen) atoms. The van der Waals surface area contributed by atoms with Gasteiger partial charge in [0.2, 0.25) is 0 Å². The van der Waals surface area contributed by atoms with E-state index in [1.165, 1.54) is 5.56 Å². The van der Waals surface area contributed by atoms with E-state index in [1.807, 2.05) is 54.6 Å². The van der Waals surface area contributed by atoms with Crippen LogP contribution in [0.5, 0.6) is 5.75 Å². The van der Waals surface area contributed by atoms with Crippen LogP contribution >= 0.6 is 11.8 Å². The molecule has 0 aliphatic heterocycles. The molecule has 1 atom stereocenters. The van der Waals surface area contributed by atoms with Crippen LogP contribution < -0.4 is 4.74 Å². The Labute approximate surface area is 181 Å². The molecule has 0 amide bonds. The van der Waals surface area contributed by atoms with Crippen LogP contribution in [0.1, 0.15) is 17.2 Å². The molecule has 4 nitrogen and oxygen atoms in total. The van der Waals surface area contributed by atoms with Gasteiger partial charge in [-0.1, -0.05) is 78.5 Å². The van der Waals surface area contributed by atoms with Gasteiger partial charge in [-0.25, -0.2) is 0 Å². The Hall–Kier alpha value is -3.31. The highest BCUT2D eigenvalue weighted by molar-refractivity contribution is 7.99. The second-order valence-corrected chi connectivity index (χ2v) is 7.89. The molecule has 1 unspecified atom stereocenters. The van der Waals surface area contributed by atoms with Crippen molar-refractivity contribution >= 4 is 11.8 Å². The van der Waals surface area contributed by atoms with E-state index in [0.29, 0.717) is 0 Å². The maximum Gasteiger partial charge on any atom is 0.196 e. The number of thioether (sulfide) groups is 1. The van der Waals surface area contributed by atoms with Gasteiger partial charge in [-0.2, -0.15) is 0 Å². The molecule has 1 heterocycles. The van der Waals surface area contributed by atoms with Gasteiger partial charge in [0.1, 0.15) is 5.75 Å². The van der Waals surface area contributed by atoms with Crippen molar-refractivity contribution in [3.05, 3.63) is 103 Å². The molecule has 0 aliphatic rings. The third-order valence-electron chi connectivity index (χ3n) is 4.80. The van der Waals surface area contributed by atoms with Gasteiger partial charge in [0.25, 0.3) is 0 Å². The van der Waals surface area contributed by atoms with E-state index in [4.69, 9.17) is 4.74 Å². The Morgan fingerprint density at radius 1 is 0.933 bits per heavy atom. The van der Waals surface area contributed by atoms with Crippen LogP contribution in [0.4, 0.5) is 0 Å². The molecular formula is C25H23N3OS. The lowest BCUT2D eigenvalue weighted by molar-refractivity contribution is 0.416. The largest absolute Gasteiger partial charge is 0.496 e. The molecule has 0 saturated heterocycles. The van der Waals surface area contributed by atoms with E-state index in [-0.39, 0.29) is 5.25 Å². The smallest absolute Gasteiger partial charge is 0.196 e. The first-order valence-electron chi connectivity index (χ1n) is 9.78. The predicted octanol–water partition coefficient (Wildman–Crippen LogP) is 6.35. The van der Waals surface area contributed by atoms with Crippen LogP contribution in [0.15, 0.2) is 103 Å². The normalized spacial score (nSPS) is 11.8. The van der Waals surface area contributed by atoms with Gasteiger partial charge in [-0.15, -0.1) is 16.8 Å². The Morgan fingerprint density at radius 3 is 2.30 bits per heavy atom. The highest BCUT2D eigenvalue weighted by atomic mass is 32.2. The minimum absolute atomic E-state index is 0.195. The van der Waals surface area contributed by atoms with Gasteiger partial charge in [0, 0.05) is 10.9 Å². The maximum absolute atomic E-state index is 5.59. The summed E-state index contributed by atoms with van der Waals surface area (Å²) in [6.07, 6.45) is 2.79. The van der Waals surface area contributed by atoms with Gasteiger partial charge in [-0.3, -0.25) is 4.57 Å². The number of rotatable bonds is 8. The van der Waals surface area contributed by atoms with Crippen LogP contribution in [-0.4, -0.2) is 21.9 Å². The van der Waals surface area contributed by atoms with Gasteiger partial charge >= 0.3 is 0 Å². The van der Waals surface area contributed by atoms with E-state index < -0.39 is 0 Å². The van der Waals surface area contributed by atoms with Crippen molar-refractivity contribution < 1.29 is 4.74 Å². The first-order valence-corrected chi connectivity index (χ1v) is 10.7. The highest BCUT2D eigenvalue weighted by Crippen LogP contribution is 2.40. The number of para-hydroxylation sites is 2. The second kappa shape index (κ2) is 9.46. The van der Waals surface area contributed by atoms with Gasteiger partial charge in [-0.05, 0) is 36.2 Å². The Balaban J connectivity index is 1.82. The van der Waals surface area contributed by atoms with E-state index >= 15 is 0 Å². The summed E-state index contributed by atoms with van der Waals surface area (Å²) < 4.78 is 7.69. The van der Waals surface area contributed by atoms with Crippen LogP contribution in [0.2, 0.25) is 0 Å². The Kier molecular flexibility index (Phi) is 6.30. The topological polar surface area (TPSA) is 39.9 Å². The van der Waals surface area contributed by atoms with E-state index in [1.54, 1.807) is 18.9 Å². The third kappa shape index (κ3) is 4.16. The summed E-state index contributed by atoms with van der Waals surface area (Å²) in [6, 6.07) is 28.5. The molecule has 0 N–H and O–H groups in total. The summed E-state index contributed by atoms with van der Waals surface area (Å²) in [5.74, 6) is 1.52. The first kappa shape index (κ1) is 20.0. The number of benzene rings is 3. The van der Waals surface area contributed by atoms with Crippen molar-refractivity contribution in [2.24, 2.45) is 0 Å². The summed E-state index contributed by atoms with van der Waals surface area (Å²) in [4.78, 5) is 0. The summed E-state index contributed by atoms with van der Waals surface area (Å²) in [5.41, 5.74) is 3.16. The fraction of sp³-hybridized carbons (Fsp3) is 0.120. The van der Waals surface area contributed by atoms with E-state index in [2.05, 4.69) is 57.7 Å². The monoisotopic (exact) mass is 413 g/mol. The quantitative estimate of drug-likeness (QED) is 0.249. The van der Waals surface area contributed by atoms with Crippen LogP contribution in [-0.2, 0) is 0 Å². The molecule has 0 radical (unpaired) electrons. The van der Waals surface area contributed by atoms with E-state index in [0.717, 1.165) is 34.4 Å². The van der Waals surface area contributed by atoms with Crippen molar-refractivity contribution in [1.29, 1.82) is 0 Å². The standard InChI is InChI=1S/C25H23N3OS/c1-3-12-23(19-13-6-4-7-14-19)30-25-27-26-24(21-17-10-11-18-22(21)29-2)28(25)20-15-8-5-9-16-20/h3-11,13-18,23H,1,12H2,2H3. The fourth-order valence-electron chi connectivity index (χ4n) is 3.36. The Morgan fingerprint density at radius 2 is 1.60 bits per heavy atom. The maximum atomic E-state index is 5.59. The average molecular weight is 414 g/mol. The molecule has 0 spiro atoms. The number of methoxy groups -OCH3 is 1. The molecule has 4 aromatic rings. The molecule has 0 saturated carbocycles. The zero-order chi connectivity index (χ0) is 20.8. The molecule has 1 aromatic heterocycles. The zero-order valence-electron chi connectivity index (χ0n) is 16.8. The lowest BCUT2D eigenvalue weighted by Gasteiger charge is -2.17. The van der Waals surface area contributed by atoms with Crippen molar-refractivity contribution in [2.75, 3.05) is 7.11 Å². The summed E-state index contributed by atoms with van der Waals surface area (Å²) >= 11 is 1.69. The summed E-state index contributed by atoms with van der Waals surface area (Å²) in [5, 5.41) is 10.2. The second-order valence-electron chi connectivity index (χ2n) is 6.72. The summed E-state index contributed by atoms with van der Waals surface area (Å²) in [6.45, 7) is 3.95. The third-order valence-corrected chi connectivity index (χ3v) is 6.02. The molecule has 0 bridgehead atoms. The molecular weight excluding hydrogens is 390 g/mol. The van der Waals surface area contributed by atoms with Crippen LogP contribution in [0.25, 0.3) is 17.1 Å². The number of aromatic nitrogens is 3. The number of nitrogens with zero attached hydrogens (tertiary/aromatic N) is 3. The minimum Gasteiger partial charge on any atom is -0.496 e. The van der Waals surface area contributed by atoms with Gasteiger partial charge in [0.15, 0.2) is 11.0 Å². The minimum atomic E-state index is 0.195. The first-order chi connectivity index (χ1) is 14.8. The number of allylic oxidation sites excluding steroid dienone is 1. The average Bonchev–Trinajstić information content (AvgIpc) is 3.23. The van der Waals surface area contributed by atoms with Crippen molar-refractivity contribution in [2.45, 2.75) is 16.8 Å².